The van der Waals surface area contributed by atoms with Crippen LogP contribution in [0.2, 0.25) is 0 Å². The van der Waals surface area contributed by atoms with Gasteiger partial charge in [0.05, 0.1) is 5.52 Å². The second kappa shape index (κ2) is 3.18. The molecule has 6 nitrogen and oxygen atoms in total. The molecule has 0 fully saturated rings. The van der Waals surface area contributed by atoms with E-state index in [-0.39, 0.29) is 5.16 Å². The van der Waals surface area contributed by atoms with Gasteiger partial charge in [-0.2, -0.15) is 0 Å². The normalized spacial score (nSPS) is 12.2. The highest BCUT2D eigenvalue weighted by Crippen LogP contribution is 2.13. The molecule has 0 saturated carbocycles. The molecule has 2 aromatic rings. The fourth-order valence-corrected chi connectivity index (χ4v) is 2.08. The molecule has 0 aliphatic rings. The number of nitrogens with zero attached hydrogens (tertiary/aromatic N) is 2. The summed E-state index contributed by atoms with van der Waals surface area (Å²) < 4.78 is 24.2. The van der Waals surface area contributed by atoms with Gasteiger partial charge < -0.3 is 4.57 Å². The summed E-state index contributed by atoms with van der Waals surface area (Å²) in [6, 6.07) is 1.68. The maximum atomic E-state index is 11.7. The Balaban J connectivity index is 2.95. The molecule has 0 aromatic carbocycles. The van der Waals surface area contributed by atoms with Crippen molar-refractivity contribution in [2.24, 2.45) is 7.05 Å². The fraction of sp³-hybridized carbons (Fsp3) is 0.333. The smallest absolute Gasteiger partial charge is 0.276 e. The van der Waals surface area contributed by atoms with Crippen LogP contribution in [0.4, 0.5) is 0 Å². The van der Waals surface area contributed by atoms with Crippen molar-refractivity contribution in [3.63, 3.8) is 0 Å². The first kappa shape index (κ1) is 10.9. The van der Waals surface area contributed by atoms with Gasteiger partial charge in [-0.15, -0.1) is 0 Å². The van der Waals surface area contributed by atoms with Crippen molar-refractivity contribution in [1.29, 1.82) is 0 Å². The van der Waals surface area contributed by atoms with Crippen LogP contribution in [0.5, 0.6) is 0 Å². The van der Waals surface area contributed by atoms with Crippen molar-refractivity contribution in [1.82, 2.24) is 14.5 Å². The Labute approximate surface area is 91.9 Å². The molecule has 0 saturated heterocycles. The summed E-state index contributed by atoms with van der Waals surface area (Å²) in [6.07, 6.45) is 1.01. The van der Waals surface area contributed by atoms with Gasteiger partial charge in [0.15, 0.2) is 0 Å². The van der Waals surface area contributed by atoms with E-state index in [0.29, 0.717) is 11.0 Å². The fourth-order valence-electron chi connectivity index (χ4n) is 1.53. The standard InChI is InChI=1S/C9H11N3O3S/c1-5-4-6-7(12(5)2)8(13)11-9(10-6)16(3,14)15/h4H,1-3H3,(H,10,11,13). The number of sulfone groups is 1. The second-order valence-corrected chi connectivity index (χ2v) is 5.65. The zero-order chi connectivity index (χ0) is 12.1. The van der Waals surface area contributed by atoms with Crippen LogP contribution in [0, 0.1) is 6.92 Å². The van der Waals surface area contributed by atoms with Gasteiger partial charge in [-0.1, -0.05) is 0 Å². The van der Waals surface area contributed by atoms with Crippen LogP contribution >= 0.6 is 0 Å². The first-order valence-corrected chi connectivity index (χ1v) is 6.46. The van der Waals surface area contributed by atoms with Crippen LogP contribution in [-0.2, 0) is 16.9 Å². The summed E-state index contributed by atoms with van der Waals surface area (Å²) in [5, 5.41) is -0.296. The average Bonchev–Trinajstić information content (AvgIpc) is 2.41. The van der Waals surface area contributed by atoms with Gasteiger partial charge in [0.2, 0.25) is 15.0 Å². The molecule has 0 radical (unpaired) electrons. The molecular weight excluding hydrogens is 230 g/mol. The van der Waals surface area contributed by atoms with Gasteiger partial charge in [-0.25, -0.2) is 13.4 Å². The van der Waals surface area contributed by atoms with E-state index in [2.05, 4.69) is 9.97 Å². The number of aryl methyl sites for hydroxylation is 2. The third kappa shape index (κ3) is 1.53. The van der Waals surface area contributed by atoms with Gasteiger partial charge >= 0.3 is 0 Å². The minimum atomic E-state index is -3.50. The van der Waals surface area contributed by atoms with E-state index in [1.807, 2.05) is 6.92 Å². The van der Waals surface area contributed by atoms with Gasteiger partial charge in [0.25, 0.3) is 5.56 Å². The van der Waals surface area contributed by atoms with E-state index in [4.69, 9.17) is 0 Å². The van der Waals surface area contributed by atoms with Gasteiger partial charge in [-0.3, -0.25) is 9.78 Å². The number of fused-ring (bicyclic) bond motifs is 1. The highest BCUT2D eigenvalue weighted by Gasteiger charge is 2.15. The molecule has 2 aromatic heterocycles. The molecule has 0 aliphatic carbocycles. The molecular formula is C9H11N3O3S. The van der Waals surface area contributed by atoms with Gasteiger partial charge in [-0.05, 0) is 13.0 Å². The van der Waals surface area contributed by atoms with Crippen molar-refractivity contribution < 1.29 is 8.42 Å². The summed E-state index contributed by atoms with van der Waals surface area (Å²) in [5.41, 5.74) is 1.17. The lowest BCUT2D eigenvalue weighted by molar-refractivity contribution is 0.593. The van der Waals surface area contributed by atoms with Crippen LogP contribution < -0.4 is 5.56 Å². The molecule has 0 amide bonds. The van der Waals surface area contributed by atoms with E-state index in [1.54, 1.807) is 17.7 Å². The van der Waals surface area contributed by atoms with E-state index < -0.39 is 15.4 Å². The van der Waals surface area contributed by atoms with Gasteiger partial charge in [0, 0.05) is 19.0 Å². The molecule has 0 atom stereocenters. The Bertz CT molecular complexity index is 724. The monoisotopic (exact) mass is 241 g/mol. The lowest BCUT2D eigenvalue weighted by Gasteiger charge is -1.99. The first-order valence-electron chi connectivity index (χ1n) is 4.57. The first-order chi connectivity index (χ1) is 7.30. The van der Waals surface area contributed by atoms with Crippen molar-refractivity contribution in [2.45, 2.75) is 12.1 Å². The van der Waals surface area contributed by atoms with Gasteiger partial charge in [0.1, 0.15) is 5.52 Å². The maximum absolute atomic E-state index is 11.7. The zero-order valence-electron chi connectivity index (χ0n) is 9.10. The molecule has 1 N–H and O–H groups in total. The molecule has 86 valence electrons. The lowest BCUT2D eigenvalue weighted by Crippen LogP contribution is -2.16. The Morgan fingerprint density at radius 2 is 2.06 bits per heavy atom. The Morgan fingerprint density at radius 3 is 2.62 bits per heavy atom. The van der Waals surface area contributed by atoms with Crippen LogP contribution in [0.1, 0.15) is 5.69 Å². The van der Waals surface area contributed by atoms with E-state index in [0.717, 1.165) is 11.9 Å². The van der Waals surface area contributed by atoms with E-state index in [1.165, 1.54) is 0 Å². The molecule has 16 heavy (non-hydrogen) atoms. The van der Waals surface area contributed by atoms with Crippen molar-refractivity contribution in [3.8, 4) is 0 Å². The predicted molar refractivity (Wildman–Crippen MR) is 59.2 cm³/mol. The van der Waals surface area contributed by atoms with Crippen molar-refractivity contribution >= 4 is 20.9 Å². The third-order valence-corrected chi connectivity index (χ3v) is 3.36. The van der Waals surface area contributed by atoms with Crippen LogP contribution in [0.3, 0.4) is 0 Å². The minimum absolute atomic E-state index is 0.296. The zero-order valence-corrected chi connectivity index (χ0v) is 9.92. The number of rotatable bonds is 1. The molecule has 2 rings (SSSR count). The SMILES string of the molecule is Cc1cc2nc(S(C)(=O)=O)[nH]c(=O)c2n1C. The lowest BCUT2D eigenvalue weighted by atomic mass is 10.4. The highest BCUT2D eigenvalue weighted by atomic mass is 32.2. The summed E-state index contributed by atoms with van der Waals surface area (Å²) in [5.74, 6) is 0. The quantitative estimate of drug-likeness (QED) is 0.711. The Morgan fingerprint density at radius 1 is 1.44 bits per heavy atom. The summed E-state index contributed by atoms with van der Waals surface area (Å²) in [7, 11) is -1.77. The van der Waals surface area contributed by atoms with E-state index in [9.17, 15) is 13.2 Å². The molecule has 7 heteroatoms. The van der Waals surface area contributed by atoms with Crippen LogP contribution in [0.15, 0.2) is 16.0 Å². The number of aromatic nitrogens is 3. The highest BCUT2D eigenvalue weighted by molar-refractivity contribution is 7.90. The number of H-pyrrole nitrogens is 1. The molecule has 0 aliphatic heterocycles. The Kier molecular flexibility index (Phi) is 2.16. The molecule has 0 unspecified atom stereocenters. The predicted octanol–water partition coefficient (Wildman–Crippen LogP) is -0.0265. The minimum Gasteiger partial charge on any atom is -0.342 e. The van der Waals surface area contributed by atoms with Crippen LogP contribution in [0.25, 0.3) is 11.0 Å². The average molecular weight is 241 g/mol. The molecule has 0 bridgehead atoms. The number of hydrogen-bond donors (Lipinski definition) is 1. The van der Waals surface area contributed by atoms with E-state index >= 15 is 0 Å². The third-order valence-electron chi connectivity index (χ3n) is 2.46. The summed E-state index contributed by atoms with van der Waals surface area (Å²) >= 11 is 0. The topological polar surface area (TPSA) is 84.8 Å². The Hall–Kier alpha value is -1.63. The number of nitrogens with one attached hydrogen (secondary N) is 1. The number of hydrogen-bond acceptors (Lipinski definition) is 4. The second-order valence-electron chi connectivity index (χ2n) is 3.72. The van der Waals surface area contributed by atoms with Crippen LogP contribution in [-0.4, -0.2) is 29.2 Å². The van der Waals surface area contributed by atoms with Crippen molar-refractivity contribution in [2.75, 3.05) is 6.26 Å². The number of aromatic amines is 1. The summed E-state index contributed by atoms with van der Waals surface area (Å²) in [4.78, 5) is 17.9. The molecule has 0 spiro atoms. The summed E-state index contributed by atoms with van der Waals surface area (Å²) in [6.45, 7) is 1.82. The van der Waals surface area contributed by atoms with Crippen molar-refractivity contribution in [3.05, 3.63) is 22.1 Å². The largest absolute Gasteiger partial charge is 0.342 e. The maximum Gasteiger partial charge on any atom is 0.276 e. The molecule has 2 heterocycles.